The molecule has 0 radical (unpaired) electrons. The van der Waals surface area contributed by atoms with Gasteiger partial charge < -0.3 is 20.5 Å². The van der Waals surface area contributed by atoms with Gasteiger partial charge in [0.15, 0.2) is 5.82 Å². The zero-order valence-electron chi connectivity index (χ0n) is 17.4. The number of anilines is 3. The number of thiophene rings is 1. The molecule has 3 rings (SSSR count). The van der Waals surface area contributed by atoms with Crippen LogP contribution in [0.15, 0.2) is 35.7 Å². The largest absolute Gasteiger partial charge is 0.481 e. The molecule has 2 aromatic heterocycles. The van der Waals surface area contributed by atoms with Gasteiger partial charge in [0.05, 0.1) is 17.9 Å². The Kier molecular flexibility index (Phi) is 7.37. The van der Waals surface area contributed by atoms with Crippen molar-refractivity contribution in [2.45, 2.75) is 26.7 Å². The minimum atomic E-state index is -0.841. The smallest absolute Gasteiger partial charge is 0.307 e. The van der Waals surface area contributed by atoms with Crippen LogP contribution in [0.5, 0.6) is 0 Å². The third-order valence-electron chi connectivity index (χ3n) is 4.59. The van der Waals surface area contributed by atoms with E-state index < -0.39 is 5.97 Å². The van der Waals surface area contributed by atoms with Crippen molar-refractivity contribution in [3.63, 3.8) is 0 Å². The lowest BCUT2D eigenvalue weighted by molar-refractivity contribution is -0.136. The SMILES string of the molecule is CCc1c(C)nc(-c2cc(NCCOC)cs2)nc1Nc1ccc(CC(=O)O)cc1. The van der Waals surface area contributed by atoms with Crippen molar-refractivity contribution >= 4 is 34.5 Å². The van der Waals surface area contributed by atoms with Crippen LogP contribution in [-0.4, -0.2) is 41.3 Å². The molecule has 0 aliphatic carbocycles. The van der Waals surface area contributed by atoms with Crippen LogP contribution in [0.25, 0.3) is 10.7 Å². The van der Waals surface area contributed by atoms with E-state index in [-0.39, 0.29) is 6.42 Å². The Labute approximate surface area is 180 Å². The number of aromatic nitrogens is 2. The molecule has 0 spiro atoms. The summed E-state index contributed by atoms with van der Waals surface area (Å²) in [5.74, 6) is 0.611. The fourth-order valence-electron chi connectivity index (χ4n) is 3.09. The summed E-state index contributed by atoms with van der Waals surface area (Å²) in [4.78, 5) is 21.4. The van der Waals surface area contributed by atoms with E-state index in [1.165, 1.54) is 0 Å². The van der Waals surface area contributed by atoms with Crippen molar-refractivity contribution in [3.05, 3.63) is 52.5 Å². The van der Waals surface area contributed by atoms with Gasteiger partial charge in [-0.3, -0.25) is 4.79 Å². The molecule has 0 amide bonds. The van der Waals surface area contributed by atoms with E-state index in [1.54, 1.807) is 18.4 Å². The van der Waals surface area contributed by atoms with Gasteiger partial charge in [0.2, 0.25) is 0 Å². The highest BCUT2D eigenvalue weighted by Gasteiger charge is 2.14. The number of aliphatic carboxylic acids is 1. The fourth-order valence-corrected chi connectivity index (χ4v) is 3.89. The van der Waals surface area contributed by atoms with E-state index in [2.05, 4.69) is 17.6 Å². The number of hydrogen-bond donors (Lipinski definition) is 3. The molecule has 158 valence electrons. The van der Waals surface area contributed by atoms with Crippen LogP contribution < -0.4 is 10.6 Å². The van der Waals surface area contributed by atoms with Gasteiger partial charge in [0.1, 0.15) is 5.82 Å². The lowest BCUT2D eigenvalue weighted by atomic mass is 10.1. The number of rotatable bonds is 10. The second-order valence-corrected chi connectivity index (χ2v) is 7.74. The van der Waals surface area contributed by atoms with Gasteiger partial charge in [-0.15, -0.1) is 11.3 Å². The molecular formula is C22H26N4O3S. The molecule has 3 aromatic rings. The number of aryl methyl sites for hydroxylation is 1. The Hall–Kier alpha value is -2.97. The van der Waals surface area contributed by atoms with Crippen molar-refractivity contribution in [2.24, 2.45) is 0 Å². The van der Waals surface area contributed by atoms with E-state index in [0.29, 0.717) is 12.4 Å². The lowest BCUT2D eigenvalue weighted by Gasteiger charge is -2.14. The lowest BCUT2D eigenvalue weighted by Crippen LogP contribution is -2.06. The monoisotopic (exact) mass is 426 g/mol. The van der Waals surface area contributed by atoms with Gasteiger partial charge in [-0.1, -0.05) is 19.1 Å². The highest BCUT2D eigenvalue weighted by Crippen LogP contribution is 2.31. The highest BCUT2D eigenvalue weighted by atomic mass is 32.1. The average Bonchev–Trinajstić information content (AvgIpc) is 3.18. The molecule has 0 atom stereocenters. The molecule has 7 nitrogen and oxygen atoms in total. The summed E-state index contributed by atoms with van der Waals surface area (Å²) < 4.78 is 5.07. The molecule has 1 aromatic carbocycles. The summed E-state index contributed by atoms with van der Waals surface area (Å²) in [6.45, 7) is 5.46. The molecule has 0 unspecified atom stereocenters. The third kappa shape index (κ3) is 5.55. The second kappa shape index (κ2) is 10.2. The summed E-state index contributed by atoms with van der Waals surface area (Å²) in [5.41, 5.74) is 4.64. The fraction of sp³-hybridized carbons (Fsp3) is 0.318. The Bertz CT molecular complexity index is 1000. The Morgan fingerprint density at radius 2 is 1.97 bits per heavy atom. The number of hydrogen-bond acceptors (Lipinski definition) is 7. The molecule has 30 heavy (non-hydrogen) atoms. The van der Waals surface area contributed by atoms with Gasteiger partial charge in [-0.2, -0.15) is 0 Å². The Morgan fingerprint density at radius 3 is 2.63 bits per heavy atom. The number of carboxylic acids is 1. The van der Waals surface area contributed by atoms with Gasteiger partial charge in [-0.05, 0) is 37.1 Å². The van der Waals surface area contributed by atoms with Crippen LogP contribution in [0.2, 0.25) is 0 Å². The van der Waals surface area contributed by atoms with E-state index >= 15 is 0 Å². The number of nitrogens with zero attached hydrogens (tertiary/aromatic N) is 2. The topological polar surface area (TPSA) is 96.4 Å². The summed E-state index contributed by atoms with van der Waals surface area (Å²) in [6.07, 6.45) is 0.816. The minimum absolute atomic E-state index is 0.0103. The van der Waals surface area contributed by atoms with Gasteiger partial charge in [0, 0.05) is 41.7 Å². The predicted octanol–water partition coefficient (Wildman–Crippen LogP) is 4.50. The van der Waals surface area contributed by atoms with Crippen LogP contribution in [0.4, 0.5) is 17.2 Å². The number of carbonyl (C=O) groups is 1. The Morgan fingerprint density at radius 1 is 1.20 bits per heavy atom. The van der Waals surface area contributed by atoms with Gasteiger partial charge >= 0.3 is 5.97 Å². The molecule has 3 N–H and O–H groups in total. The predicted molar refractivity (Wildman–Crippen MR) is 121 cm³/mol. The summed E-state index contributed by atoms with van der Waals surface area (Å²) in [6, 6.07) is 9.42. The van der Waals surface area contributed by atoms with Crippen LogP contribution >= 0.6 is 11.3 Å². The van der Waals surface area contributed by atoms with Crippen LogP contribution in [0.1, 0.15) is 23.7 Å². The van der Waals surface area contributed by atoms with E-state index in [9.17, 15) is 4.79 Å². The average molecular weight is 427 g/mol. The van der Waals surface area contributed by atoms with Crippen LogP contribution in [-0.2, 0) is 22.4 Å². The maximum atomic E-state index is 10.9. The first-order valence-corrected chi connectivity index (χ1v) is 10.6. The van der Waals surface area contributed by atoms with Crippen molar-refractivity contribution in [1.29, 1.82) is 0 Å². The minimum Gasteiger partial charge on any atom is -0.481 e. The normalized spacial score (nSPS) is 10.8. The molecule has 0 saturated carbocycles. The maximum Gasteiger partial charge on any atom is 0.307 e. The zero-order valence-corrected chi connectivity index (χ0v) is 18.2. The van der Waals surface area contributed by atoms with E-state index in [0.717, 1.165) is 51.9 Å². The molecule has 0 fully saturated rings. The van der Waals surface area contributed by atoms with E-state index in [4.69, 9.17) is 19.8 Å². The van der Waals surface area contributed by atoms with Crippen molar-refractivity contribution in [1.82, 2.24) is 9.97 Å². The first-order chi connectivity index (χ1) is 14.5. The second-order valence-electron chi connectivity index (χ2n) is 6.82. The third-order valence-corrected chi connectivity index (χ3v) is 5.52. The first kappa shape index (κ1) is 21.7. The summed E-state index contributed by atoms with van der Waals surface area (Å²) in [7, 11) is 1.68. The number of nitrogens with one attached hydrogen (secondary N) is 2. The van der Waals surface area contributed by atoms with Crippen molar-refractivity contribution < 1.29 is 14.6 Å². The number of benzene rings is 1. The molecule has 0 aliphatic heterocycles. The molecule has 0 aliphatic rings. The summed E-state index contributed by atoms with van der Waals surface area (Å²) >= 11 is 1.59. The highest BCUT2D eigenvalue weighted by molar-refractivity contribution is 7.14. The molecule has 0 saturated heterocycles. The van der Waals surface area contributed by atoms with Gasteiger partial charge in [0.25, 0.3) is 0 Å². The van der Waals surface area contributed by atoms with E-state index in [1.807, 2.05) is 42.6 Å². The number of carboxylic acid groups (broad SMARTS) is 1. The molecule has 2 heterocycles. The zero-order chi connectivity index (χ0) is 21.5. The van der Waals surface area contributed by atoms with Crippen LogP contribution in [0.3, 0.4) is 0 Å². The summed E-state index contributed by atoms with van der Waals surface area (Å²) in [5, 5.41) is 17.7. The van der Waals surface area contributed by atoms with Crippen molar-refractivity contribution in [3.8, 4) is 10.7 Å². The molecule has 0 bridgehead atoms. The number of methoxy groups -OCH3 is 1. The standard InChI is InChI=1S/C22H26N4O3S/c1-4-18-14(2)24-22(19-12-17(13-30-19)23-9-10-29-3)26-21(18)25-16-7-5-15(6-8-16)11-20(27)28/h5-8,12-13,23H,4,9-11H2,1-3H3,(H,27,28)(H,24,25,26). The Balaban J connectivity index is 1.84. The maximum absolute atomic E-state index is 10.9. The van der Waals surface area contributed by atoms with Gasteiger partial charge in [-0.25, -0.2) is 9.97 Å². The quantitative estimate of drug-likeness (QED) is 0.411. The molecule has 8 heteroatoms. The molecular weight excluding hydrogens is 400 g/mol. The first-order valence-electron chi connectivity index (χ1n) is 9.77. The van der Waals surface area contributed by atoms with Crippen LogP contribution in [0, 0.1) is 6.92 Å². The number of ether oxygens (including phenoxy) is 1. The van der Waals surface area contributed by atoms with Crippen molar-refractivity contribution in [2.75, 3.05) is 30.9 Å².